The number of amides is 2. The van der Waals surface area contributed by atoms with E-state index in [1.807, 2.05) is 53.4 Å². The summed E-state index contributed by atoms with van der Waals surface area (Å²) >= 11 is 0. The van der Waals surface area contributed by atoms with Gasteiger partial charge in [0.15, 0.2) is 0 Å². The van der Waals surface area contributed by atoms with Gasteiger partial charge < -0.3 is 15.0 Å². The number of carbonyl (C=O) groups is 1. The van der Waals surface area contributed by atoms with Gasteiger partial charge in [-0.05, 0) is 36.5 Å². The van der Waals surface area contributed by atoms with Crippen LogP contribution in [0.15, 0.2) is 60.7 Å². The minimum absolute atomic E-state index is 0.0592. The summed E-state index contributed by atoms with van der Waals surface area (Å²) in [4.78, 5) is 14.7. The van der Waals surface area contributed by atoms with Crippen LogP contribution < -0.4 is 10.1 Å². The van der Waals surface area contributed by atoms with Gasteiger partial charge in [-0.3, -0.25) is 0 Å². The quantitative estimate of drug-likeness (QED) is 0.869. The summed E-state index contributed by atoms with van der Waals surface area (Å²) in [5.74, 6) is 1.49. The summed E-state index contributed by atoms with van der Waals surface area (Å²) in [6.45, 7) is 1.49. The van der Waals surface area contributed by atoms with Crippen molar-refractivity contribution in [1.29, 1.82) is 0 Å². The first-order valence-electron chi connectivity index (χ1n) is 9.62. The number of para-hydroxylation sites is 1. The highest BCUT2D eigenvalue weighted by atomic mass is 16.5. The molecule has 2 fully saturated rings. The number of nitrogens with zero attached hydrogens (tertiary/aromatic N) is 1. The lowest BCUT2D eigenvalue weighted by molar-refractivity contribution is 0.109. The van der Waals surface area contributed by atoms with Crippen molar-refractivity contribution in [2.24, 2.45) is 5.92 Å². The van der Waals surface area contributed by atoms with Crippen LogP contribution in [0.25, 0.3) is 0 Å². The number of piperidine rings is 1. The molecule has 4 rings (SSSR count). The van der Waals surface area contributed by atoms with Gasteiger partial charge in [-0.15, -0.1) is 0 Å². The molecule has 0 bridgehead atoms. The Morgan fingerprint density at radius 2 is 1.54 bits per heavy atom. The van der Waals surface area contributed by atoms with Crippen molar-refractivity contribution < 1.29 is 9.53 Å². The normalized spacial score (nSPS) is 19.0. The molecule has 1 saturated heterocycles. The van der Waals surface area contributed by atoms with Gasteiger partial charge in [0.05, 0.1) is 6.04 Å². The Balaban J connectivity index is 1.30. The standard InChI is InChI=1S/C22H26N2O2/c25-22(23-21(18-11-12-18)17-7-3-1-4-8-17)24-15-13-20(14-16-24)26-19-9-5-2-6-10-19/h1-10,18,20-21H,11-16H2,(H,23,25)/t21-/m0/s1. The molecule has 0 aromatic heterocycles. The smallest absolute Gasteiger partial charge is 0.317 e. The fraction of sp³-hybridized carbons (Fsp3) is 0.409. The lowest BCUT2D eigenvalue weighted by Gasteiger charge is -2.33. The van der Waals surface area contributed by atoms with E-state index in [0.717, 1.165) is 31.7 Å². The Bertz CT molecular complexity index is 707. The first kappa shape index (κ1) is 17.0. The van der Waals surface area contributed by atoms with Gasteiger partial charge >= 0.3 is 6.03 Å². The SMILES string of the molecule is O=C(N[C@@H](c1ccccc1)C1CC1)N1CCC(Oc2ccccc2)CC1. The van der Waals surface area contributed by atoms with Crippen molar-refractivity contribution in [3.05, 3.63) is 66.2 Å². The van der Waals surface area contributed by atoms with Gasteiger partial charge in [0.1, 0.15) is 11.9 Å². The molecule has 2 aromatic carbocycles. The van der Waals surface area contributed by atoms with Crippen LogP contribution in [0.2, 0.25) is 0 Å². The maximum Gasteiger partial charge on any atom is 0.317 e. The second-order valence-electron chi connectivity index (χ2n) is 7.29. The molecule has 2 amide bonds. The Morgan fingerprint density at radius 3 is 2.15 bits per heavy atom. The molecule has 1 heterocycles. The summed E-state index contributed by atoms with van der Waals surface area (Å²) in [7, 11) is 0. The van der Waals surface area contributed by atoms with Gasteiger partial charge in [-0.2, -0.15) is 0 Å². The average molecular weight is 350 g/mol. The first-order chi connectivity index (χ1) is 12.8. The zero-order valence-electron chi connectivity index (χ0n) is 15.0. The van der Waals surface area contributed by atoms with Crippen LogP contribution in [0.5, 0.6) is 5.75 Å². The monoisotopic (exact) mass is 350 g/mol. The van der Waals surface area contributed by atoms with E-state index in [-0.39, 0.29) is 18.2 Å². The van der Waals surface area contributed by atoms with E-state index < -0.39 is 0 Å². The number of rotatable bonds is 5. The van der Waals surface area contributed by atoms with Crippen molar-refractivity contribution in [3.8, 4) is 5.75 Å². The Labute approximate surface area is 155 Å². The van der Waals surface area contributed by atoms with E-state index in [2.05, 4.69) is 17.4 Å². The summed E-state index contributed by atoms with van der Waals surface area (Å²) in [6.07, 6.45) is 4.35. The average Bonchev–Trinajstić information content (AvgIpc) is 3.53. The molecular weight excluding hydrogens is 324 g/mol. The van der Waals surface area contributed by atoms with E-state index in [9.17, 15) is 4.79 Å². The minimum Gasteiger partial charge on any atom is -0.490 e. The summed E-state index contributed by atoms with van der Waals surface area (Å²) in [5, 5.41) is 3.28. The molecule has 0 spiro atoms. The maximum atomic E-state index is 12.8. The summed E-state index contributed by atoms with van der Waals surface area (Å²) in [6, 6.07) is 20.5. The molecule has 2 aliphatic rings. The van der Waals surface area contributed by atoms with Crippen LogP contribution in [-0.4, -0.2) is 30.1 Å². The van der Waals surface area contributed by atoms with Crippen molar-refractivity contribution >= 4 is 6.03 Å². The fourth-order valence-electron chi connectivity index (χ4n) is 3.66. The highest BCUT2D eigenvalue weighted by molar-refractivity contribution is 5.75. The van der Waals surface area contributed by atoms with Crippen LogP contribution in [0.3, 0.4) is 0 Å². The van der Waals surface area contributed by atoms with E-state index in [1.165, 1.54) is 18.4 Å². The lowest BCUT2D eigenvalue weighted by Crippen LogP contribution is -2.47. The molecule has 26 heavy (non-hydrogen) atoms. The summed E-state index contributed by atoms with van der Waals surface area (Å²) in [5.41, 5.74) is 1.21. The highest BCUT2D eigenvalue weighted by Crippen LogP contribution is 2.41. The molecule has 4 nitrogen and oxygen atoms in total. The third-order valence-electron chi connectivity index (χ3n) is 5.31. The molecule has 4 heteroatoms. The van der Waals surface area contributed by atoms with Crippen LogP contribution in [0.4, 0.5) is 4.79 Å². The molecule has 2 aromatic rings. The number of nitrogens with one attached hydrogen (secondary N) is 1. The molecule has 0 unspecified atom stereocenters. The number of carbonyl (C=O) groups excluding carboxylic acids is 1. The number of urea groups is 1. The Kier molecular flexibility index (Phi) is 5.09. The molecule has 136 valence electrons. The van der Waals surface area contributed by atoms with Crippen LogP contribution in [0.1, 0.15) is 37.3 Å². The molecule has 0 radical (unpaired) electrons. The largest absolute Gasteiger partial charge is 0.490 e. The predicted octanol–water partition coefficient (Wildman–Crippen LogP) is 4.39. The molecule has 1 aliphatic carbocycles. The zero-order chi connectivity index (χ0) is 17.8. The molecule has 1 aliphatic heterocycles. The molecule has 1 N–H and O–H groups in total. The number of hydrogen-bond acceptors (Lipinski definition) is 2. The van der Waals surface area contributed by atoms with Crippen LogP contribution in [0, 0.1) is 5.92 Å². The number of benzene rings is 2. The maximum absolute atomic E-state index is 12.8. The number of ether oxygens (including phenoxy) is 1. The van der Waals surface area contributed by atoms with E-state index in [0.29, 0.717) is 5.92 Å². The minimum atomic E-state index is 0.0592. The predicted molar refractivity (Wildman–Crippen MR) is 102 cm³/mol. The van der Waals surface area contributed by atoms with Gasteiger partial charge in [0.2, 0.25) is 0 Å². The molecule has 1 saturated carbocycles. The van der Waals surface area contributed by atoms with E-state index >= 15 is 0 Å². The van der Waals surface area contributed by atoms with Crippen molar-refractivity contribution in [1.82, 2.24) is 10.2 Å². The highest BCUT2D eigenvalue weighted by Gasteiger charge is 2.34. The fourth-order valence-corrected chi connectivity index (χ4v) is 3.66. The Hall–Kier alpha value is -2.49. The molecular formula is C22H26N2O2. The number of hydrogen-bond donors (Lipinski definition) is 1. The zero-order valence-corrected chi connectivity index (χ0v) is 15.0. The third kappa shape index (κ3) is 4.18. The molecule has 1 atom stereocenters. The van der Waals surface area contributed by atoms with Gasteiger partial charge in [-0.25, -0.2) is 4.79 Å². The second kappa shape index (κ2) is 7.81. The van der Waals surface area contributed by atoms with Crippen molar-refractivity contribution in [2.45, 2.75) is 37.8 Å². The third-order valence-corrected chi connectivity index (χ3v) is 5.31. The van der Waals surface area contributed by atoms with Crippen LogP contribution in [-0.2, 0) is 0 Å². The Morgan fingerprint density at radius 1 is 0.923 bits per heavy atom. The summed E-state index contributed by atoms with van der Waals surface area (Å²) < 4.78 is 6.02. The second-order valence-corrected chi connectivity index (χ2v) is 7.29. The topological polar surface area (TPSA) is 41.6 Å². The van der Waals surface area contributed by atoms with Gasteiger partial charge in [0, 0.05) is 25.9 Å². The van der Waals surface area contributed by atoms with Gasteiger partial charge in [0.25, 0.3) is 0 Å². The number of likely N-dealkylation sites (tertiary alicyclic amines) is 1. The van der Waals surface area contributed by atoms with E-state index in [1.54, 1.807) is 0 Å². The van der Waals surface area contributed by atoms with Crippen molar-refractivity contribution in [3.63, 3.8) is 0 Å². The first-order valence-corrected chi connectivity index (χ1v) is 9.62. The van der Waals surface area contributed by atoms with E-state index in [4.69, 9.17) is 4.74 Å². The van der Waals surface area contributed by atoms with Crippen molar-refractivity contribution in [2.75, 3.05) is 13.1 Å². The lowest BCUT2D eigenvalue weighted by atomic mass is 10.0. The van der Waals surface area contributed by atoms with Crippen LogP contribution >= 0.6 is 0 Å². The van der Waals surface area contributed by atoms with Gasteiger partial charge in [-0.1, -0.05) is 48.5 Å².